The number of benzene rings is 1. The van der Waals surface area contributed by atoms with Gasteiger partial charge in [-0.2, -0.15) is 0 Å². The van der Waals surface area contributed by atoms with Crippen molar-refractivity contribution in [3.8, 4) is 11.4 Å². The van der Waals surface area contributed by atoms with Gasteiger partial charge in [0.1, 0.15) is 23.3 Å². The first-order chi connectivity index (χ1) is 17.6. The van der Waals surface area contributed by atoms with Crippen LogP contribution in [0.3, 0.4) is 0 Å². The summed E-state index contributed by atoms with van der Waals surface area (Å²) in [7, 11) is 0. The topological polar surface area (TPSA) is 78.9 Å². The lowest BCUT2D eigenvalue weighted by Gasteiger charge is -2.30. The van der Waals surface area contributed by atoms with Crippen LogP contribution in [0.1, 0.15) is 42.9 Å². The average Bonchev–Trinajstić information content (AvgIpc) is 3.74. The summed E-state index contributed by atoms with van der Waals surface area (Å²) in [5.74, 6) is 1.33. The van der Waals surface area contributed by atoms with E-state index in [0.29, 0.717) is 17.6 Å². The molecular weight excluding hydrogens is 460 g/mol. The van der Waals surface area contributed by atoms with E-state index in [2.05, 4.69) is 25.5 Å². The quantitative estimate of drug-likeness (QED) is 0.404. The summed E-state index contributed by atoms with van der Waals surface area (Å²) in [6.07, 6.45) is 7.76. The molecule has 0 unspecified atom stereocenters. The van der Waals surface area contributed by atoms with Crippen LogP contribution in [0.5, 0.6) is 0 Å². The number of halogens is 2. The van der Waals surface area contributed by atoms with Crippen LogP contribution < -0.4 is 15.5 Å². The average molecular weight is 488 g/mol. The molecule has 2 N–H and O–H groups in total. The number of rotatable bonds is 6. The summed E-state index contributed by atoms with van der Waals surface area (Å²) in [5, 5.41) is 7.62. The van der Waals surface area contributed by atoms with Gasteiger partial charge >= 0.3 is 0 Å². The second-order valence-electron chi connectivity index (χ2n) is 9.44. The fourth-order valence-corrected chi connectivity index (χ4v) is 4.89. The van der Waals surface area contributed by atoms with Crippen LogP contribution >= 0.6 is 0 Å². The van der Waals surface area contributed by atoms with E-state index >= 15 is 0 Å². The van der Waals surface area contributed by atoms with Crippen LogP contribution in [0.4, 0.5) is 20.4 Å². The molecule has 2 aliphatic rings. The highest BCUT2D eigenvalue weighted by atomic mass is 19.1. The number of nitrogens with one attached hydrogen (secondary N) is 2. The lowest BCUT2D eigenvalue weighted by atomic mass is 10.1. The maximum absolute atomic E-state index is 14.3. The summed E-state index contributed by atoms with van der Waals surface area (Å²) in [5.41, 5.74) is 2.80. The largest absolute Gasteiger partial charge is 0.363 e. The SMILES string of the molecule is C[C@@H](Nc1cc(-c2nc(N3CCNCC3)c3c(C4CC4)cncc3n2)ccn1)c1c(F)cccc1F. The predicted molar refractivity (Wildman–Crippen MR) is 136 cm³/mol. The third-order valence-electron chi connectivity index (χ3n) is 6.87. The molecule has 184 valence electrons. The van der Waals surface area contributed by atoms with Crippen molar-refractivity contribution in [3.63, 3.8) is 0 Å². The Morgan fingerprint density at radius 1 is 1.06 bits per heavy atom. The van der Waals surface area contributed by atoms with Gasteiger partial charge in [0.15, 0.2) is 5.82 Å². The Morgan fingerprint density at radius 3 is 2.58 bits per heavy atom. The predicted octanol–water partition coefficient (Wildman–Crippen LogP) is 4.83. The van der Waals surface area contributed by atoms with E-state index in [9.17, 15) is 8.78 Å². The Bertz CT molecular complexity index is 1400. The maximum Gasteiger partial charge on any atom is 0.162 e. The molecule has 9 heteroatoms. The number of piperazine rings is 1. The van der Waals surface area contributed by atoms with Crippen molar-refractivity contribution in [2.45, 2.75) is 31.7 Å². The van der Waals surface area contributed by atoms with E-state index < -0.39 is 17.7 Å². The van der Waals surface area contributed by atoms with Crippen molar-refractivity contribution >= 4 is 22.5 Å². The summed E-state index contributed by atoms with van der Waals surface area (Å²) >= 11 is 0. The Hall–Kier alpha value is -3.72. The van der Waals surface area contributed by atoms with E-state index in [1.165, 1.54) is 36.6 Å². The molecule has 0 bridgehead atoms. The van der Waals surface area contributed by atoms with Gasteiger partial charge in [-0.15, -0.1) is 0 Å². The summed E-state index contributed by atoms with van der Waals surface area (Å²) < 4.78 is 28.6. The first-order valence-electron chi connectivity index (χ1n) is 12.4. The molecule has 1 aliphatic heterocycles. The summed E-state index contributed by atoms with van der Waals surface area (Å²) in [6.45, 7) is 5.24. The van der Waals surface area contributed by atoms with Gasteiger partial charge in [-0.25, -0.2) is 23.7 Å². The normalized spacial score (nSPS) is 16.8. The fraction of sp³-hybridized carbons (Fsp3) is 0.333. The second kappa shape index (κ2) is 9.39. The van der Waals surface area contributed by atoms with Crippen molar-refractivity contribution in [1.82, 2.24) is 25.3 Å². The molecule has 0 spiro atoms. The summed E-state index contributed by atoms with van der Waals surface area (Å²) in [6, 6.07) is 6.91. The van der Waals surface area contributed by atoms with Crippen molar-refractivity contribution in [1.29, 1.82) is 0 Å². The van der Waals surface area contributed by atoms with Gasteiger partial charge in [0.05, 0.1) is 17.8 Å². The second-order valence-corrected chi connectivity index (χ2v) is 9.44. The minimum Gasteiger partial charge on any atom is -0.363 e. The standard InChI is InChI=1S/C27H27F2N7/c1-16(24-20(28)3-2-4-21(24)29)33-23-13-18(7-8-32-23)26-34-22-15-31-14-19(17-5-6-17)25(22)27(35-26)36-11-9-30-10-12-36/h2-4,7-8,13-17,30H,5-6,9-12H2,1H3,(H,32,33)/t16-/m1/s1. The molecule has 36 heavy (non-hydrogen) atoms. The van der Waals surface area contributed by atoms with E-state index in [1.807, 2.05) is 24.5 Å². The molecule has 0 radical (unpaired) electrons. The highest BCUT2D eigenvalue weighted by Crippen LogP contribution is 2.44. The third-order valence-corrected chi connectivity index (χ3v) is 6.87. The molecule has 3 aromatic heterocycles. The molecule has 1 aliphatic carbocycles. The third kappa shape index (κ3) is 4.35. The number of anilines is 2. The minimum atomic E-state index is -0.617. The molecule has 1 aromatic carbocycles. The number of pyridine rings is 2. The first kappa shape index (κ1) is 22.7. The van der Waals surface area contributed by atoms with Crippen LogP contribution in [0, 0.1) is 11.6 Å². The molecule has 1 saturated heterocycles. The minimum absolute atomic E-state index is 0.0219. The lowest BCUT2D eigenvalue weighted by molar-refractivity contribution is 0.544. The molecular formula is C27H27F2N7. The highest BCUT2D eigenvalue weighted by molar-refractivity contribution is 5.94. The Balaban J connectivity index is 1.39. The van der Waals surface area contributed by atoms with Gasteiger partial charge < -0.3 is 15.5 Å². The number of hydrogen-bond acceptors (Lipinski definition) is 7. The molecule has 1 saturated carbocycles. The van der Waals surface area contributed by atoms with Crippen molar-refractivity contribution in [3.05, 3.63) is 71.7 Å². The van der Waals surface area contributed by atoms with Gasteiger partial charge in [0.25, 0.3) is 0 Å². The molecule has 2 fully saturated rings. The number of hydrogen-bond donors (Lipinski definition) is 2. The van der Waals surface area contributed by atoms with Crippen molar-refractivity contribution < 1.29 is 8.78 Å². The van der Waals surface area contributed by atoms with Crippen molar-refractivity contribution in [2.24, 2.45) is 0 Å². The van der Waals surface area contributed by atoms with Crippen LogP contribution in [-0.4, -0.2) is 46.1 Å². The van der Waals surface area contributed by atoms with Gasteiger partial charge in [0, 0.05) is 55.1 Å². The van der Waals surface area contributed by atoms with Gasteiger partial charge in [-0.05, 0) is 55.5 Å². The Morgan fingerprint density at radius 2 is 1.83 bits per heavy atom. The first-order valence-corrected chi connectivity index (χ1v) is 12.4. The molecule has 7 nitrogen and oxygen atoms in total. The van der Waals surface area contributed by atoms with E-state index in [1.54, 1.807) is 13.1 Å². The van der Waals surface area contributed by atoms with Gasteiger partial charge in [-0.3, -0.25) is 4.98 Å². The van der Waals surface area contributed by atoms with E-state index in [0.717, 1.165) is 48.5 Å². The van der Waals surface area contributed by atoms with Crippen LogP contribution in [-0.2, 0) is 0 Å². The van der Waals surface area contributed by atoms with Crippen LogP contribution in [0.15, 0.2) is 48.9 Å². The smallest absolute Gasteiger partial charge is 0.162 e. The van der Waals surface area contributed by atoms with E-state index in [4.69, 9.17) is 9.97 Å². The van der Waals surface area contributed by atoms with E-state index in [-0.39, 0.29) is 5.56 Å². The molecule has 4 aromatic rings. The molecule has 1 atom stereocenters. The maximum atomic E-state index is 14.3. The lowest BCUT2D eigenvalue weighted by Crippen LogP contribution is -2.44. The fourth-order valence-electron chi connectivity index (χ4n) is 4.89. The molecule has 0 amide bonds. The number of nitrogens with zero attached hydrogens (tertiary/aromatic N) is 5. The number of fused-ring (bicyclic) bond motifs is 1. The van der Waals surface area contributed by atoms with Gasteiger partial charge in [0.2, 0.25) is 0 Å². The number of aromatic nitrogens is 4. The molecule has 6 rings (SSSR count). The van der Waals surface area contributed by atoms with Crippen molar-refractivity contribution in [2.75, 3.05) is 36.4 Å². The van der Waals surface area contributed by atoms with Crippen LogP contribution in [0.25, 0.3) is 22.3 Å². The Labute approximate surface area is 208 Å². The Kier molecular flexibility index (Phi) is 5.92. The summed E-state index contributed by atoms with van der Waals surface area (Å²) in [4.78, 5) is 21.1. The highest BCUT2D eigenvalue weighted by Gasteiger charge is 2.29. The monoisotopic (exact) mass is 487 g/mol. The van der Waals surface area contributed by atoms with Crippen LogP contribution in [0.2, 0.25) is 0 Å². The van der Waals surface area contributed by atoms with Gasteiger partial charge in [-0.1, -0.05) is 6.07 Å². The molecule has 4 heterocycles. The zero-order chi connectivity index (χ0) is 24.6. The zero-order valence-corrected chi connectivity index (χ0v) is 20.0. The zero-order valence-electron chi connectivity index (χ0n) is 20.0.